The molecule has 1 aromatic carbocycles. The predicted octanol–water partition coefficient (Wildman–Crippen LogP) is 2.65. The molecule has 0 atom stereocenters. The van der Waals surface area contributed by atoms with Gasteiger partial charge >= 0.3 is 0 Å². The molecule has 0 N–H and O–H groups in total. The zero-order valence-corrected chi connectivity index (χ0v) is 13.7. The summed E-state index contributed by atoms with van der Waals surface area (Å²) in [6.07, 6.45) is 5.39. The quantitative estimate of drug-likeness (QED) is 0.806. The van der Waals surface area contributed by atoms with E-state index in [-0.39, 0.29) is 0 Å². The van der Waals surface area contributed by atoms with Crippen LogP contribution in [-0.4, -0.2) is 34.6 Å². The van der Waals surface area contributed by atoms with Crippen LogP contribution in [0.15, 0.2) is 18.2 Å². The maximum atomic E-state index is 5.91. The highest BCUT2D eigenvalue weighted by Gasteiger charge is 2.43. The van der Waals surface area contributed by atoms with Gasteiger partial charge in [0.05, 0.1) is 25.4 Å². The summed E-state index contributed by atoms with van der Waals surface area (Å²) < 4.78 is 20.0. The fourth-order valence-corrected chi connectivity index (χ4v) is 3.98. The van der Waals surface area contributed by atoms with Crippen LogP contribution in [0.1, 0.15) is 37.1 Å². The van der Waals surface area contributed by atoms with Crippen LogP contribution in [-0.2, 0) is 28.2 Å². The number of hydrogen-bond donors (Lipinski definition) is 0. The number of benzene rings is 1. The van der Waals surface area contributed by atoms with Gasteiger partial charge in [-0.05, 0) is 25.0 Å². The van der Waals surface area contributed by atoms with Gasteiger partial charge in [-0.25, -0.2) is 0 Å². The molecule has 0 aliphatic carbocycles. The van der Waals surface area contributed by atoms with Crippen LogP contribution >= 0.6 is 0 Å². The van der Waals surface area contributed by atoms with Gasteiger partial charge in [-0.1, -0.05) is 12.5 Å². The van der Waals surface area contributed by atoms with Gasteiger partial charge in [-0.15, -0.1) is 10.2 Å². The second-order valence-corrected chi connectivity index (χ2v) is 6.66. The third-order valence-corrected chi connectivity index (χ3v) is 5.20. The molecule has 1 fully saturated rings. The Kier molecular flexibility index (Phi) is 3.35. The van der Waals surface area contributed by atoms with Gasteiger partial charge in [-0.2, -0.15) is 0 Å². The molecule has 0 amide bonds. The molecule has 1 spiro atoms. The number of aromatic nitrogens is 3. The van der Waals surface area contributed by atoms with Crippen molar-refractivity contribution in [3.8, 4) is 17.1 Å². The first-order valence-corrected chi connectivity index (χ1v) is 8.83. The van der Waals surface area contributed by atoms with E-state index in [2.05, 4.69) is 33.0 Å². The third-order valence-electron chi connectivity index (χ3n) is 5.20. The molecule has 1 saturated heterocycles. The standard InChI is InChI=1S/C18H21N3O3/c1-2-4-16-19-20-17(21(16)8-3-1)13-5-6-14-15(12-13)22-9-7-18(14)23-10-11-24-18/h5-6,12H,1-4,7-11H2. The Balaban J connectivity index is 1.56. The Morgan fingerprint density at radius 3 is 2.83 bits per heavy atom. The van der Waals surface area contributed by atoms with E-state index < -0.39 is 5.79 Å². The molecule has 0 unspecified atom stereocenters. The molecule has 2 aromatic rings. The minimum atomic E-state index is -0.617. The molecule has 5 rings (SSSR count). The Morgan fingerprint density at radius 1 is 1.00 bits per heavy atom. The lowest BCUT2D eigenvalue weighted by Crippen LogP contribution is -2.33. The topological polar surface area (TPSA) is 58.4 Å². The van der Waals surface area contributed by atoms with E-state index in [1.165, 1.54) is 19.3 Å². The SMILES string of the molecule is c1cc2c(cc1-c1nnc3n1CCCCC3)OCCC21OCCO1. The summed E-state index contributed by atoms with van der Waals surface area (Å²) in [5, 5.41) is 8.84. The first-order chi connectivity index (χ1) is 11.9. The van der Waals surface area contributed by atoms with Crippen molar-refractivity contribution < 1.29 is 14.2 Å². The van der Waals surface area contributed by atoms with Crippen molar-refractivity contribution in [2.45, 2.75) is 44.4 Å². The number of ether oxygens (including phenoxy) is 3. The van der Waals surface area contributed by atoms with E-state index in [4.69, 9.17) is 14.2 Å². The summed E-state index contributed by atoms with van der Waals surface area (Å²) in [6, 6.07) is 6.21. The molecule has 0 saturated carbocycles. The van der Waals surface area contributed by atoms with Crippen LogP contribution in [0.25, 0.3) is 11.4 Å². The Hall–Kier alpha value is -1.92. The molecule has 1 aromatic heterocycles. The number of nitrogens with zero attached hydrogens (tertiary/aromatic N) is 3. The lowest BCUT2D eigenvalue weighted by atomic mass is 9.97. The average Bonchev–Trinajstić information content (AvgIpc) is 3.17. The van der Waals surface area contributed by atoms with Crippen molar-refractivity contribution in [2.75, 3.05) is 19.8 Å². The minimum absolute atomic E-state index is 0.606. The molecule has 3 aliphatic heterocycles. The van der Waals surface area contributed by atoms with Crippen molar-refractivity contribution in [3.05, 3.63) is 29.6 Å². The van der Waals surface area contributed by atoms with Crippen molar-refractivity contribution in [3.63, 3.8) is 0 Å². The summed E-state index contributed by atoms with van der Waals surface area (Å²) in [7, 11) is 0. The molecular weight excluding hydrogens is 306 g/mol. The van der Waals surface area contributed by atoms with Crippen molar-refractivity contribution in [2.24, 2.45) is 0 Å². The molecular formula is C18H21N3O3. The Labute approximate surface area is 140 Å². The Morgan fingerprint density at radius 2 is 1.92 bits per heavy atom. The second-order valence-electron chi connectivity index (χ2n) is 6.66. The van der Waals surface area contributed by atoms with Crippen LogP contribution in [0, 0.1) is 0 Å². The number of aryl methyl sites for hydroxylation is 1. The fraction of sp³-hybridized carbons (Fsp3) is 0.556. The molecule has 126 valence electrons. The number of hydrogen-bond acceptors (Lipinski definition) is 5. The number of fused-ring (bicyclic) bond motifs is 3. The van der Waals surface area contributed by atoms with Gasteiger partial charge in [0.15, 0.2) is 5.82 Å². The smallest absolute Gasteiger partial charge is 0.201 e. The highest BCUT2D eigenvalue weighted by atomic mass is 16.7. The van der Waals surface area contributed by atoms with Crippen LogP contribution in [0.5, 0.6) is 5.75 Å². The maximum absolute atomic E-state index is 5.91. The highest BCUT2D eigenvalue weighted by Crippen LogP contribution is 2.44. The van der Waals surface area contributed by atoms with Gasteiger partial charge in [0.1, 0.15) is 11.6 Å². The molecule has 6 heteroatoms. The summed E-state index contributed by atoms with van der Waals surface area (Å²) in [4.78, 5) is 0. The average molecular weight is 327 g/mol. The van der Waals surface area contributed by atoms with E-state index in [0.29, 0.717) is 19.8 Å². The highest BCUT2D eigenvalue weighted by molar-refractivity contribution is 5.61. The van der Waals surface area contributed by atoms with Crippen LogP contribution in [0.3, 0.4) is 0 Å². The summed E-state index contributed by atoms with van der Waals surface area (Å²) in [6.45, 7) is 2.87. The molecule has 6 nitrogen and oxygen atoms in total. The minimum Gasteiger partial charge on any atom is -0.493 e. The van der Waals surface area contributed by atoms with E-state index in [1.54, 1.807) is 0 Å². The second kappa shape index (κ2) is 5.57. The Bertz CT molecular complexity index is 765. The molecule has 24 heavy (non-hydrogen) atoms. The molecule has 0 bridgehead atoms. The number of rotatable bonds is 1. The first kappa shape index (κ1) is 14.4. The molecule has 0 radical (unpaired) electrons. The van der Waals surface area contributed by atoms with Crippen molar-refractivity contribution in [1.82, 2.24) is 14.8 Å². The fourth-order valence-electron chi connectivity index (χ4n) is 3.98. The predicted molar refractivity (Wildman–Crippen MR) is 86.7 cm³/mol. The van der Waals surface area contributed by atoms with Gasteiger partial charge in [0, 0.05) is 24.9 Å². The van der Waals surface area contributed by atoms with E-state index in [1.807, 2.05) is 0 Å². The van der Waals surface area contributed by atoms with Gasteiger partial charge in [-0.3, -0.25) is 0 Å². The maximum Gasteiger partial charge on any atom is 0.201 e. The van der Waals surface area contributed by atoms with Crippen LogP contribution < -0.4 is 4.74 Å². The van der Waals surface area contributed by atoms with E-state index in [0.717, 1.165) is 47.9 Å². The largest absolute Gasteiger partial charge is 0.493 e. The molecule has 4 heterocycles. The first-order valence-electron chi connectivity index (χ1n) is 8.83. The van der Waals surface area contributed by atoms with Crippen molar-refractivity contribution in [1.29, 1.82) is 0 Å². The van der Waals surface area contributed by atoms with Gasteiger partial charge < -0.3 is 18.8 Å². The summed E-state index contributed by atoms with van der Waals surface area (Å²) >= 11 is 0. The van der Waals surface area contributed by atoms with Crippen LogP contribution in [0.2, 0.25) is 0 Å². The third kappa shape index (κ3) is 2.17. The zero-order chi connectivity index (χ0) is 16.0. The van der Waals surface area contributed by atoms with Gasteiger partial charge in [0.2, 0.25) is 5.79 Å². The monoisotopic (exact) mass is 327 g/mol. The summed E-state index contributed by atoms with van der Waals surface area (Å²) in [5.41, 5.74) is 2.04. The summed E-state index contributed by atoms with van der Waals surface area (Å²) in [5.74, 6) is 2.26. The van der Waals surface area contributed by atoms with E-state index >= 15 is 0 Å². The molecule has 3 aliphatic rings. The van der Waals surface area contributed by atoms with Crippen LogP contribution in [0.4, 0.5) is 0 Å². The van der Waals surface area contributed by atoms with Gasteiger partial charge in [0.25, 0.3) is 0 Å². The zero-order valence-electron chi connectivity index (χ0n) is 13.7. The van der Waals surface area contributed by atoms with Crippen molar-refractivity contribution >= 4 is 0 Å². The van der Waals surface area contributed by atoms with E-state index in [9.17, 15) is 0 Å². The normalized spacial score (nSPS) is 21.8. The lowest BCUT2D eigenvalue weighted by Gasteiger charge is -2.33. The lowest BCUT2D eigenvalue weighted by molar-refractivity contribution is -0.183.